The molecule has 0 fully saturated rings. The first-order chi connectivity index (χ1) is 9.43. The molecule has 20 heavy (non-hydrogen) atoms. The van der Waals surface area contributed by atoms with Gasteiger partial charge in [0.05, 0.1) is 11.1 Å². The van der Waals surface area contributed by atoms with Crippen molar-refractivity contribution in [1.82, 2.24) is 10.6 Å². The number of halogens is 2. The number of hydrogen-bond donors (Lipinski definition) is 2. The van der Waals surface area contributed by atoms with Gasteiger partial charge in [-0.15, -0.1) is 0 Å². The molecule has 110 valence electrons. The van der Waals surface area contributed by atoms with Gasteiger partial charge in [0.2, 0.25) is 5.91 Å². The van der Waals surface area contributed by atoms with Gasteiger partial charge in [0, 0.05) is 13.1 Å². The third kappa shape index (κ3) is 2.96. The third-order valence-electron chi connectivity index (χ3n) is 3.84. The molecular formula is C15H20ClFN2O. The van der Waals surface area contributed by atoms with Gasteiger partial charge < -0.3 is 5.32 Å². The van der Waals surface area contributed by atoms with Gasteiger partial charge in [-0.05, 0) is 42.0 Å². The Morgan fingerprint density at radius 3 is 2.75 bits per heavy atom. The van der Waals surface area contributed by atoms with Crippen molar-refractivity contribution in [3.05, 3.63) is 34.1 Å². The molecule has 0 aromatic heterocycles. The maximum Gasteiger partial charge on any atom is 0.237 e. The lowest BCUT2D eigenvalue weighted by Crippen LogP contribution is -2.47. The Morgan fingerprint density at radius 2 is 2.15 bits per heavy atom. The summed E-state index contributed by atoms with van der Waals surface area (Å²) in [6.45, 7) is 4.00. The molecule has 1 amide bonds. The van der Waals surface area contributed by atoms with Crippen LogP contribution in [-0.2, 0) is 11.2 Å². The first-order valence-corrected chi connectivity index (χ1v) is 7.27. The highest BCUT2D eigenvalue weighted by atomic mass is 35.5. The molecule has 1 aliphatic rings. The molecule has 0 aliphatic heterocycles. The Kier molecular flexibility index (Phi) is 4.66. The Morgan fingerprint density at radius 1 is 1.45 bits per heavy atom. The molecule has 3 nitrogen and oxygen atoms in total. The molecule has 1 aromatic carbocycles. The zero-order chi connectivity index (χ0) is 14.9. The SMILES string of the molecule is CNC(=O)[C@@H](NC1CCc2cc(F)c(Cl)cc21)C(C)C. The molecule has 0 bridgehead atoms. The topological polar surface area (TPSA) is 41.1 Å². The van der Waals surface area contributed by atoms with Crippen LogP contribution in [0.1, 0.15) is 37.4 Å². The average molecular weight is 299 g/mol. The fourth-order valence-corrected chi connectivity index (χ4v) is 2.89. The van der Waals surface area contributed by atoms with Crippen molar-refractivity contribution in [2.24, 2.45) is 5.92 Å². The number of carbonyl (C=O) groups excluding carboxylic acids is 1. The van der Waals surface area contributed by atoms with Crippen LogP contribution in [0.15, 0.2) is 12.1 Å². The Hall–Kier alpha value is -1.13. The van der Waals surface area contributed by atoms with E-state index in [1.54, 1.807) is 13.1 Å². The zero-order valence-electron chi connectivity index (χ0n) is 12.0. The summed E-state index contributed by atoms with van der Waals surface area (Å²) in [4.78, 5) is 11.9. The quantitative estimate of drug-likeness (QED) is 0.897. The summed E-state index contributed by atoms with van der Waals surface area (Å²) < 4.78 is 13.5. The fourth-order valence-electron chi connectivity index (χ4n) is 2.72. The summed E-state index contributed by atoms with van der Waals surface area (Å²) in [7, 11) is 1.63. The number of amides is 1. The van der Waals surface area contributed by atoms with Crippen molar-refractivity contribution in [3.63, 3.8) is 0 Å². The largest absolute Gasteiger partial charge is 0.358 e. The van der Waals surface area contributed by atoms with Crippen molar-refractivity contribution in [3.8, 4) is 0 Å². The summed E-state index contributed by atoms with van der Waals surface area (Å²) in [5, 5.41) is 6.19. The van der Waals surface area contributed by atoms with Crippen LogP contribution in [0.2, 0.25) is 5.02 Å². The number of aryl methyl sites for hydroxylation is 1. The van der Waals surface area contributed by atoms with Crippen LogP contribution in [0.3, 0.4) is 0 Å². The highest BCUT2D eigenvalue weighted by Crippen LogP contribution is 2.35. The minimum absolute atomic E-state index is 0.0262. The van der Waals surface area contributed by atoms with Gasteiger partial charge in [0.15, 0.2) is 0 Å². The lowest BCUT2D eigenvalue weighted by Gasteiger charge is -2.25. The number of benzene rings is 1. The highest BCUT2D eigenvalue weighted by Gasteiger charge is 2.29. The third-order valence-corrected chi connectivity index (χ3v) is 4.13. The number of carbonyl (C=O) groups is 1. The van der Waals surface area contributed by atoms with E-state index in [4.69, 9.17) is 11.6 Å². The number of likely N-dealkylation sites (N-methyl/N-ethyl adjacent to an activating group) is 1. The van der Waals surface area contributed by atoms with Crippen LogP contribution in [0.4, 0.5) is 4.39 Å². The minimum atomic E-state index is -0.377. The molecule has 1 aromatic rings. The summed E-state index contributed by atoms with van der Waals surface area (Å²) in [5.74, 6) is -0.227. The maximum atomic E-state index is 13.5. The smallest absolute Gasteiger partial charge is 0.237 e. The molecule has 2 atom stereocenters. The first-order valence-electron chi connectivity index (χ1n) is 6.89. The summed E-state index contributed by atoms with van der Waals surface area (Å²) in [6.07, 6.45) is 1.66. The van der Waals surface area contributed by atoms with Gasteiger partial charge in [-0.3, -0.25) is 10.1 Å². The van der Waals surface area contributed by atoms with E-state index in [1.807, 2.05) is 13.8 Å². The molecule has 0 saturated carbocycles. The summed E-state index contributed by atoms with van der Waals surface area (Å²) in [5.41, 5.74) is 1.98. The normalized spacial score (nSPS) is 19.0. The molecule has 1 unspecified atom stereocenters. The molecule has 0 heterocycles. The monoisotopic (exact) mass is 298 g/mol. The molecule has 5 heteroatoms. The number of nitrogens with one attached hydrogen (secondary N) is 2. The lowest BCUT2D eigenvalue weighted by molar-refractivity contribution is -0.123. The lowest BCUT2D eigenvalue weighted by atomic mass is 10.0. The van der Waals surface area contributed by atoms with Crippen LogP contribution in [0.25, 0.3) is 0 Å². The summed E-state index contributed by atoms with van der Waals surface area (Å²) in [6, 6.07) is 2.97. The Labute approximate surface area is 123 Å². The predicted molar refractivity (Wildman–Crippen MR) is 78.3 cm³/mol. The molecule has 2 N–H and O–H groups in total. The van der Waals surface area contributed by atoms with Crippen molar-refractivity contribution in [2.45, 2.75) is 38.8 Å². The van der Waals surface area contributed by atoms with Crippen molar-refractivity contribution in [1.29, 1.82) is 0 Å². The van der Waals surface area contributed by atoms with E-state index in [-0.39, 0.29) is 34.7 Å². The van der Waals surface area contributed by atoms with Gasteiger partial charge in [-0.1, -0.05) is 25.4 Å². The van der Waals surface area contributed by atoms with Gasteiger partial charge in [0.1, 0.15) is 5.82 Å². The predicted octanol–water partition coefficient (Wildman–Crippen LogP) is 2.83. The number of rotatable bonds is 4. The summed E-state index contributed by atoms with van der Waals surface area (Å²) >= 11 is 5.86. The maximum absolute atomic E-state index is 13.5. The van der Waals surface area contributed by atoms with E-state index >= 15 is 0 Å². The van der Waals surface area contributed by atoms with Gasteiger partial charge >= 0.3 is 0 Å². The second-order valence-corrected chi connectivity index (χ2v) is 5.97. The number of hydrogen-bond acceptors (Lipinski definition) is 2. The second-order valence-electron chi connectivity index (χ2n) is 5.56. The zero-order valence-corrected chi connectivity index (χ0v) is 12.7. The van der Waals surface area contributed by atoms with E-state index in [9.17, 15) is 9.18 Å². The van der Waals surface area contributed by atoms with Crippen LogP contribution in [0.5, 0.6) is 0 Å². The van der Waals surface area contributed by atoms with Crippen molar-refractivity contribution >= 4 is 17.5 Å². The molecular weight excluding hydrogens is 279 g/mol. The molecule has 0 saturated heterocycles. The van der Waals surface area contributed by atoms with Gasteiger partial charge in [0.25, 0.3) is 0 Å². The number of fused-ring (bicyclic) bond motifs is 1. The van der Waals surface area contributed by atoms with Gasteiger partial charge in [-0.25, -0.2) is 4.39 Å². The van der Waals surface area contributed by atoms with Crippen molar-refractivity contribution < 1.29 is 9.18 Å². The Bertz CT molecular complexity index is 519. The van der Waals surface area contributed by atoms with Crippen LogP contribution >= 0.6 is 11.6 Å². The highest BCUT2D eigenvalue weighted by molar-refractivity contribution is 6.30. The van der Waals surface area contributed by atoms with Crippen LogP contribution in [-0.4, -0.2) is 19.0 Å². The molecule has 0 radical (unpaired) electrons. The average Bonchev–Trinajstić information content (AvgIpc) is 2.77. The van der Waals surface area contributed by atoms with E-state index in [1.165, 1.54) is 6.07 Å². The van der Waals surface area contributed by atoms with Crippen LogP contribution < -0.4 is 10.6 Å². The Balaban J connectivity index is 2.21. The van der Waals surface area contributed by atoms with E-state index in [0.29, 0.717) is 0 Å². The van der Waals surface area contributed by atoms with Crippen molar-refractivity contribution in [2.75, 3.05) is 7.05 Å². The minimum Gasteiger partial charge on any atom is -0.358 e. The van der Waals surface area contributed by atoms with Crippen LogP contribution in [0, 0.1) is 11.7 Å². The first kappa shape index (κ1) is 15.3. The van der Waals surface area contributed by atoms with E-state index in [2.05, 4.69) is 10.6 Å². The fraction of sp³-hybridized carbons (Fsp3) is 0.533. The van der Waals surface area contributed by atoms with E-state index in [0.717, 1.165) is 24.0 Å². The molecule has 0 spiro atoms. The molecule has 1 aliphatic carbocycles. The van der Waals surface area contributed by atoms with Gasteiger partial charge in [-0.2, -0.15) is 0 Å². The molecule has 2 rings (SSSR count). The second kappa shape index (κ2) is 6.10. The standard InChI is InChI=1S/C15H20ClFN2O/c1-8(2)14(15(20)18-3)19-13-5-4-9-6-12(17)11(16)7-10(9)13/h6-8,13-14,19H,4-5H2,1-3H3,(H,18,20)/t13?,14-/m0/s1. The van der Waals surface area contributed by atoms with E-state index < -0.39 is 0 Å².